The minimum absolute atomic E-state index is 0.0194. The molecule has 34 heavy (non-hydrogen) atoms. The highest BCUT2D eigenvalue weighted by Crippen LogP contribution is 2.23. The van der Waals surface area contributed by atoms with Gasteiger partial charge >= 0.3 is 0 Å². The second-order valence-electron chi connectivity index (χ2n) is 7.44. The lowest BCUT2D eigenvalue weighted by molar-refractivity contribution is -0.113. The quantitative estimate of drug-likeness (QED) is 0.196. The van der Waals surface area contributed by atoms with Gasteiger partial charge in [0.1, 0.15) is 0 Å². The normalized spacial score (nSPS) is 11.5. The number of rotatable bonds is 6. The third-order valence-electron chi connectivity index (χ3n) is 4.86. The van der Waals surface area contributed by atoms with Crippen LogP contribution in [0.5, 0.6) is 0 Å². The first-order chi connectivity index (χ1) is 16.1. The molecule has 11 heteroatoms. The largest absolute Gasteiger partial charge is 0.325 e. The van der Waals surface area contributed by atoms with Gasteiger partial charge in [0.25, 0.3) is 5.56 Å². The van der Waals surface area contributed by atoms with Gasteiger partial charge in [-0.15, -0.1) is 0 Å². The lowest BCUT2D eigenvalue weighted by atomic mass is 10.2. The van der Waals surface area contributed by atoms with Crippen molar-refractivity contribution in [1.29, 1.82) is 0 Å². The van der Waals surface area contributed by atoms with Gasteiger partial charge in [0.15, 0.2) is 5.16 Å². The van der Waals surface area contributed by atoms with Crippen molar-refractivity contribution in [2.45, 2.75) is 17.0 Å². The molecule has 0 radical (unpaired) electrons. The Morgan fingerprint density at radius 2 is 1.85 bits per heavy atom. The summed E-state index contributed by atoms with van der Waals surface area (Å²) in [6.07, 6.45) is 0. The SMILES string of the molecule is Cc1cccc(NC(=O)CSc2nc3ccc(I)cc3c(=O)n2-c2ccc(S(N)(=O)=O)cc2)c1. The molecule has 4 rings (SSSR count). The number of nitrogens with two attached hydrogens (primary N) is 1. The second-order valence-corrected chi connectivity index (χ2v) is 11.2. The Morgan fingerprint density at radius 1 is 1.12 bits per heavy atom. The topological polar surface area (TPSA) is 124 Å². The van der Waals surface area contributed by atoms with E-state index in [-0.39, 0.29) is 22.1 Å². The zero-order valence-corrected chi connectivity index (χ0v) is 21.6. The Balaban J connectivity index is 1.72. The summed E-state index contributed by atoms with van der Waals surface area (Å²) in [5, 5.41) is 8.75. The molecular formula is C23H19IN4O4S2. The molecule has 0 aliphatic carbocycles. The van der Waals surface area contributed by atoms with Crippen LogP contribution in [0.4, 0.5) is 5.69 Å². The summed E-state index contributed by atoms with van der Waals surface area (Å²) in [6, 6.07) is 18.4. The van der Waals surface area contributed by atoms with Crippen molar-refractivity contribution in [2.75, 3.05) is 11.1 Å². The molecule has 1 amide bonds. The Morgan fingerprint density at radius 3 is 2.53 bits per heavy atom. The smallest absolute Gasteiger partial charge is 0.266 e. The number of thioether (sulfide) groups is 1. The van der Waals surface area contributed by atoms with Crippen LogP contribution < -0.4 is 16.0 Å². The van der Waals surface area contributed by atoms with Crippen LogP contribution in [-0.2, 0) is 14.8 Å². The molecule has 8 nitrogen and oxygen atoms in total. The van der Waals surface area contributed by atoms with Gasteiger partial charge in [0, 0.05) is 9.26 Å². The second kappa shape index (κ2) is 9.86. The number of nitrogens with one attached hydrogen (secondary N) is 1. The van der Waals surface area contributed by atoms with Crippen LogP contribution >= 0.6 is 34.4 Å². The molecule has 174 valence electrons. The van der Waals surface area contributed by atoms with E-state index in [1.165, 1.54) is 28.8 Å². The van der Waals surface area contributed by atoms with Crippen molar-refractivity contribution < 1.29 is 13.2 Å². The van der Waals surface area contributed by atoms with Crippen molar-refractivity contribution in [3.63, 3.8) is 0 Å². The Labute approximate surface area is 213 Å². The number of aryl methyl sites for hydroxylation is 1. The number of primary sulfonamides is 1. The van der Waals surface area contributed by atoms with E-state index in [0.717, 1.165) is 20.9 Å². The molecule has 0 bridgehead atoms. The number of anilines is 1. The highest BCUT2D eigenvalue weighted by atomic mass is 127. The maximum atomic E-state index is 13.4. The molecule has 0 spiro atoms. The monoisotopic (exact) mass is 606 g/mol. The van der Waals surface area contributed by atoms with Crippen LogP contribution in [0, 0.1) is 10.5 Å². The highest BCUT2D eigenvalue weighted by molar-refractivity contribution is 14.1. The van der Waals surface area contributed by atoms with Gasteiger partial charge in [-0.1, -0.05) is 23.9 Å². The van der Waals surface area contributed by atoms with E-state index in [4.69, 9.17) is 5.14 Å². The molecule has 0 fully saturated rings. The maximum absolute atomic E-state index is 13.4. The number of amides is 1. The average molecular weight is 606 g/mol. The van der Waals surface area contributed by atoms with E-state index in [1.54, 1.807) is 18.2 Å². The lowest BCUT2D eigenvalue weighted by Gasteiger charge is -2.14. The molecule has 0 aliphatic rings. The van der Waals surface area contributed by atoms with E-state index in [9.17, 15) is 18.0 Å². The van der Waals surface area contributed by atoms with Crippen molar-refractivity contribution in [2.24, 2.45) is 5.14 Å². The third-order valence-corrected chi connectivity index (χ3v) is 7.40. The predicted molar refractivity (Wildman–Crippen MR) is 142 cm³/mol. The molecule has 0 saturated heterocycles. The van der Waals surface area contributed by atoms with Crippen molar-refractivity contribution >= 4 is 66.9 Å². The first kappa shape index (κ1) is 24.4. The predicted octanol–water partition coefficient (Wildman–Crippen LogP) is 3.68. The molecule has 3 aromatic carbocycles. The molecule has 1 aromatic heterocycles. The minimum atomic E-state index is -3.88. The van der Waals surface area contributed by atoms with Crippen molar-refractivity contribution in [1.82, 2.24) is 9.55 Å². The summed E-state index contributed by atoms with van der Waals surface area (Å²) in [5.41, 5.74) is 2.29. The van der Waals surface area contributed by atoms with Crippen LogP contribution in [0.1, 0.15) is 5.56 Å². The number of carbonyl (C=O) groups is 1. The number of hydrogen-bond donors (Lipinski definition) is 2. The summed E-state index contributed by atoms with van der Waals surface area (Å²) in [5.74, 6) is -0.227. The van der Waals surface area contributed by atoms with Gasteiger partial charge in [-0.3, -0.25) is 14.2 Å². The zero-order valence-electron chi connectivity index (χ0n) is 17.9. The number of nitrogens with zero attached hydrogens (tertiary/aromatic N) is 2. The summed E-state index contributed by atoms with van der Waals surface area (Å²) >= 11 is 3.23. The van der Waals surface area contributed by atoms with Crippen LogP contribution in [0.15, 0.2) is 81.6 Å². The number of hydrogen-bond acceptors (Lipinski definition) is 6. The van der Waals surface area contributed by atoms with Gasteiger partial charge in [0.05, 0.1) is 27.2 Å². The van der Waals surface area contributed by atoms with Crippen LogP contribution in [0.2, 0.25) is 0 Å². The number of aromatic nitrogens is 2. The molecular weight excluding hydrogens is 587 g/mol. The molecule has 4 aromatic rings. The fourth-order valence-corrected chi connectivity index (χ4v) is 5.12. The van der Waals surface area contributed by atoms with Crippen molar-refractivity contribution in [3.8, 4) is 5.69 Å². The summed E-state index contributed by atoms with van der Waals surface area (Å²) < 4.78 is 25.5. The number of carbonyl (C=O) groups excluding carboxylic acids is 1. The van der Waals surface area contributed by atoms with E-state index >= 15 is 0 Å². The summed E-state index contributed by atoms with van der Waals surface area (Å²) in [6.45, 7) is 1.93. The summed E-state index contributed by atoms with van der Waals surface area (Å²) in [4.78, 5) is 30.5. The molecule has 0 unspecified atom stereocenters. The van der Waals surface area contributed by atoms with E-state index in [1.807, 2.05) is 31.2 Å². The molecule has 0 atom stereocenters. The first-order valence-corrected chi connectivity index (χ1v) is 13.6. The van der Waals surface area contributed by atoms with Crippen molar-refractivity contribution in [3.05, 3.63) is 86.2 Å². The van der Waals surface area contributed by atoms with Crippen LogP contribution in [0.25, 0.3) is 16.6 Å². The number of halogens is 1. The third kappa shape index (κ3) is 5.49. The fourth-order valence-electron chi connectivity index (χ4n) is 3.30. The zero-order chi connectivity index (χ0) is 24.5. The van der Waals surface area contributed by atoms with E-state index in [2.05, 4.69) is 32.9 Å². The number of fused-ring (bicyclic) bond motifs is 1. The molecule has 3 N–H and O–H groups in total. The summed E-state index contributed by atoms with van der Waals surface area (Å²) in [7, 11) is -3.88. The fraction of sp³-hybridized carbons (Fsp3) is 0.0870. The maximum Gasteiger partial charge on any atom is 0.266 e. The van der Waals surface area contributed by atoms with E-state index < -0.39 is 10.0 Å². The van der Waals surface area contributed by atoms with Gasteiger partial charge in [-0.05, 0) is 89.7 Å². The van der Waals surface area contributed by atoms with Crippen LogP contribution in [0.3, 0.4) is 0 Å². The standard InChI is InChI=1S/C23H19IN4O4S2/c1-14-3-2-4-16(11-14)26-21(29)13-33-23-27-20-10-5-15(24)12-19(20)22(30)28(23)17-6-8-18(9-7-17)34(25,31)32/h2-12H,13H2,1H3,(H,26,29)(H2,25,31,32). The molecule has 0 saturated carbocycles. The molecule has 0 aliphatic heterocycles. The minimum Gasteiger partial charge on any atom is -0.325 e. The Bertz CT molecular complexity index is 1570. The van der Waals surface area contributed by atoms with Gasteiger partial charge in [-0.25, -0.2) is 18.5 Å². The molecule has 1 heterocycles. The van der Waals surface area contributed by atoms with Crippen LogP contribution in [-0.4, -0.2) is 29.6 Å². The average Bonchev–Trinajstić information content (AvgIpc) is 2.78. The Hall–Kier alpha value is -2.74. The van der Waals surface area contributed by atoms with Gasteiger partial charge in [0.2, 0.25) is 15.9 Å². The first-order valence-electron chi connectivity index (χ1n) is 9.97. The van der Waals surface area contributed by atoms with E-state index in [0.29, 0.717) is 27.4 Å². The number of sulfonamides is 1. The lowest BCUT2D eigenvalue weighted by Crippen LogP contribution is -2.23. The highest BCUT2D eigenvalue weighted by Gasteiger charge is 2.16. The Kier molecular flexibility index (Phi) is 7.07. The van der Waals surface area contributed by atoms with Gasteiger partial charge < -0.3 is 5.32 Å². The number of benzene rings is 3. The van der Waals surface area contributed by atoms with Gasteiger partial charge in [-0.2, -0.15) is 0 Å².